The molecule has 5 heteroatoms. The first-order valence-electron chi connectivity index (χ1n) is 8.34. The van der Waals surface area contributed by atoms with Crippen LogP contribution >= 0.6 is 0 Å². The van der Waals surface area contributed by atoms with Gasteiger partial charge in [0, 0.05) is 18.4 Å². The van der Waals surface area contributed by atoms with Crippen LogP contribution in [0.2, 0.25) is 0 Å². The van der Waals surface area contributed by atoms with E-state index in [4.69, 9.17) is 14.2 Å². The fraction of sp³-hybridized carbons (Fsp3) is 0.350. The summed E-state index contributed by atoms with van der Waals surface area (Å²) in [5.74, 6) is 1.81. The summed E-state index contributed by atoms with van der Waals surface area (Å²) in [7, 11) is 1.62. The van der Waals surface area contributed by atoms with Gasteiger partial charge in [0.1, 0.15) is 18.1 Å². The predicted molar refractivity (Wildman–Crippen MR) is 98.5 cm³/mol. The van der Waals surface area contributed by atoms with Crippen LogP contribution in [0.4, 0.5) is 5.69 Å². The van der Waals surface area contributed by atoms with Crippen molar-refractivity contribution in [3.8, 4) is 11.5 Å². The van der Waals surface area contributed by atoms with E-state index in [1.807, 2.05) is 24.3 Å². The first kappa shape index (κ1) is 18.8. The predicted octanol–water partition coefficient (Wildman–Crippen LogP) is 4.00. The lowest BCUT2D eigenvalue weighted by molar-refractivity contribution is 0.102. The summed E-state index contributed by atoms with van der Waals surface area (Å²) in [4.78, 5) is 12.3. The molecule has 2 aromatic rings. The highest BCUT2D eigenvalue weighted by Crippen LogP contribution is 2.18. The molecule has 0 aliphatic heterocycles. The van der Waals surface area contributed by atoms with Gasteiger partial charge >= 0.3 is 0 Å². The van der Waals surface area contributed by atoms with Crippen LogP contribution in [-0.2, 0) is 4.74 Å². The Bertz CT molecular complexity index is 650. The highest BCUT2D eigenvalue weighted by atomic mass is 16.5. The van der Waals surface area contributed by atoms with Gasteiger partial charge in [0.25, 0.3) is 5.91 Å². The standard InChI is InChI=1S/C20H25NO4/c1-15(2)14-25-19-10-6-17(7-11-19)21-20(22)16-4-8-18(9-5-16)24-13-12-23-3/h4-11,15H,12-14H2,1-3H3,(H,21,22). The molecule has 0 atom stereocenters. The van der Waals surface area contributed by atoms with Gasteiger partial charge in [0.2, 0.25) is 0 Å². The lowest BCUT2D eigenvalue weighted by Gasteiger charge is -2.10. The van der Waals surface area contributed by atoms with Crippen LogP contribution in [-0.4, -0.2) is 32.8 Å². The SMILES string of the molecule is COCCOc1ccc(C(=O)Nc2ccc(OCC(C)C)cc2)cc1. The Labute approximate surface area is 148 Å². The molecule has 1 N–H and O–H groups in total. The first-order valence-corrected chi connectivity index (χ1v) is 8.34. The van der Waals surface area contributed by atoms with E-state index < -0.39 is 0 Å². The first-order chi connectivity index (χ1) is 12.1. The molecule has 0 unspecified atom stereocenters. The molecule has 0 saturated heterocycles. The average Bonchev–Trinajstić information content (AvgIpc) is 2.62. The van der Waals surface area contributed by atoms with Crippen molar-refractivity contribution in [2.75, 3.05) is 32.2 Å². The Morgan fingerprint density at radius 2 is 1.52 bits per heavy atom. The number of anilines is 1. The average molecular weight is 343 g/mol. The smallest absolute Gasteiger partial charge is 0.255 e. The van der Waals surface area contributed by atoms with E-state index in [0.29, 0.717) is 37.1 Å². The summed E-state index contributed by atoms with van der Waals surface area (Å²) < 4.78 is 16.0. The number of hydrogen-bond donors (Lipinski definition) is 1. The molecule has 0 bridgehead atoms. The summed E-state index contributed by atoms with van der Waals surface area (Å²) in [5.41, 5.74) is 1.29. The van der Waals surface area contributed by atoms with Gasteiger partial charge in [-0.15, -0.1) is 0 Å². The number of rotatable bonds is 9. The molecule has 1 amide bonds. The zero-order valence-corrected chi connectivity index (χ0v) is 15.0. The zero-order valence-electron chi connectivity index (χ0n) is 15.0. The molecule has 0 aliphatic rings. The third-order valence-corrected chi connectivity index (χ3v) is 3.37. The molecular weight excluding hydrogens is 318 g/mol. The fourth-order valence-electron chi connectivity index (χ4n) is 2.05. The lowest BCUT2D eigenvalue weighted by Crippen LogP contribution is -2.12. The molecule has 134 valence electrons. The number of hydrogen-bond acceptors (Lipinski definition) is 4. The normalized spacial score (nSPS) is 10.6. The minimum atomic E-state index is -0.167. The van der Waals surface area contributed by atoms with Crippen molar-refractivity contribution in [1.82, 2.24) is 0 Å². The van der Waals surface area contributed by atoms with Crippen LogP contribution in [0.5, 0.6) is 11.5 Å². The zero-order chi connectivity index (χ0) is 18.1. The summed E-state index contributed by atoms with van der Waals surface area (Å²) in [5, 5.41) is 2.87. The second-order valence-corrected chi connectivity index (χ2v) is 6.05. The van der Waals surface area contributed by atoms with E-state index in [0.717, 1.165) is 11.4 Å². The fourth-order valence-corrected chi connectivity index (χ4v) is 2.05. The molecular formula is C20H25NO4. The van der Waals surface area contributed by atoms with Gasteiger partial charge in [-0.25, -0.2) is 0 Å². The number of nitrogens with one attached hydrogen (secondary N) is 1. The minimum absolute atomic E-state index is 0.167. The van der Waals surface area contributed by atoms with Gasteiger partial charge in [0.15, 0.2) is 0 Å². The molecule has 2 aromatic carbocycles. The van der Waals surface area contributed by atoms with Crippen LogP contribution in [0.3, 0.4) is 0 Å². The van der Waals surface area contributed by atoms with E-state index in [2.05, 4.69) is 19.2 Å². The van der Waals surface area contributed by atoms with E-state index in [1.54, 1.807) is 31.4 Å². The molecule has 2 rings (SSSR count). The summed E-state index contributed by atoms with van der Waals surface area (Å²) in [6.45, 7) is 5.88. The molecule has 5 nitrogen and oxygen atoms in total. The molecule has 0 saturated carbocycles. The Kier molecular flexibility index (Phi) is 7.29. The largest absolute Gasteiger partial charge is 0.493 e. The van der Waals surface area contributed by atoms with Crippen LogP contribution in [0, 0.1) is 5.92 Å². The third-order valence-electron chi connectivity index (χ3n) is 3.37. The van der Waals surface area contributed by atoms with Crippen LogP contribution in [0.15, 0.2) is 48.5 Å². The quantitative estimate of drug-likeness (QED) is 0.699. The summed E-state index contributed by atoms with van der Waals surface area (Å²) >= 11 is 0. The maximum atomic E-state index is 12.3. The van der Waals surface area contributed by atoms with Crippen molar-refractivity contribution in [3.05, 3.63) is 54.1 Å². The monoisotopic (exact) mass is 343 g/mol. The van der Waals surface area contributed by atoms with Gasteiger partial charge in [-0.2, -0.15) is 0 Å². The summed E-state index contributed by atoms with van der Waals surface area (Å²) in [6, 6.07) is 14.4. The lowest BCUT2D eigenvalue weighted by atomic mass is 10.2. The van der Waals surface area contributed by atoms with Crippen molar-refractivity contribution in [1.29, 1.82) is 0 Å². The molecule has 0 spiro atoms. The van der Waals surface area contributed by atoms with Crippen molar-refractivity contribution < 1.29 is 19.0 Å². The number of ether oxygens (including phenoxy) is 3. The second kappa shape index (κ2) is 9.69. The Hall–Kier alpha value is -2.53. The van der Waals surface area contributed by atoms with Crippen molar-refractivity contribution >= 4 is 11.6 Å². The van der Waals surface area contributed by atoms with Gasteiger partial charge in [-0.05, 0) is 54.4 Å². The number of amides is 1. The number of methoxy groups -OCH3 is 1. The Balaban J connectivity index is 1.88. The van der Waals surface area contributed by atoms with E-state index >= 15 is 0 Å². The van der Waals surface area contributed by atoms with E-state index in [9.17, 15) is 4.79 Å². The van der Waals surface area contributed by atoms with Crippen molar-refractivity contribution in [2.24, 2.45) is 5.92 Å². The topological polar surface area (TPSA) is 56.8 Å². The van der Waals surface area contributed by atoms with Crippen LogP contribution in [0.25, 0.3) is 0 Å². The molecule has 0 radical (unpaired) electrons. The van der Waals surface area contributed by atoms with Crippen LogP contribution in [0.1, 0.15) is 24.2 Å². The number of carbonyl (C=O) groups excluding carboxylic acids is 1. The number of carbonyl (C=O) groups is 1. The highest BCUT2D eigenvalue weighted by Gasteiger charge is 2.07. The Morgan fingerprint density at radius 1 is 0.920 bits per heavy atom. The molecule has 25 heavy (non-hydrogen) atoms. The molecule has 0 aliphatic carbocycles. The maximum Gasteiger partial charge on any atom is 0.255 e. The minimum Gasteiger partial charge on any atom is -0.493 e. The van der Waals surface area contributed by atoms with Gasteiger partial charge in [-0.3, -0.25) is 4.79 Å². The van der Waals surface area contributed by atoms with Gasteiger partial charge in [-0.1, -0.05) is 13.8 Å². The van der Waals surface area contributed by atoms with Gasteiger partial charge < -0.3 is 19.5 Å². The second-order valence-electron chi connectivity index (χ2n) is 6.05. The molecule has 0 heterocycles. The van der Waals surface area contributed by atoms with Crippen molar-refractivity contribution in [3.63, 3.8) is 0 Å². The third kappa shape index (κ3) is 6.47. The molecule has 0 aromatic heterocycles. The summed E-state index contributed by atoms with van der Waals surface area (Å²) in [6.07, 6.45) is 0. The number of benzene rings is 2. The van der Waals surface area contributed by atoms with Crippen LogP contribution < -0.4 is 14.8 Å². The van der Waals surface area contributed by atoms with E-state index in [1.165, 1.54) is 0 Å². The highest BCUT2D eigenvalue weighted by molar-refractivity contribution is 6.04. The molecule has 0 fully saturated rings. The Morgan fingerprint density at radius 3 is 2.12 bits per heavy atom. The van der Waals surface area contributed by atoms with E-state index in [-0.39, 0.29) is 5.91 Å². The maximum absolute atomic E-state index is 12.3. The van der Waals surface area contributed by atoms with Gasteiger partial charge in [0.05, 0.1) is 13.2 Å². The van der Waals surface area contributed by atoms with Crippen molar-refractivity contribution in [2.45, 2.75) is 13.8 Å².